The Bertz CT molecular complexity index is 703. The molecule has 6 heteroatoms. The Kier molecular flexibility index (Phi) is 6.49. The number of rotatable bonds is 6. The number of carbonyl (C=O) groups excluding carboxylic acids is 1. The van der Waals surface area contributed by atoms with Crippen molar-refractivity contribution in [1.82, 2.24) is 10.2 Å². The lowest BCUT2D eigenvalue weighted by Crippen LogP contribution is -2.41. The fourth-order valence-electron chi connectivity index (χ4n) is 2.31. The summed E-state index contributed by atoms with van der Waals surface area (Å²) in [6.07, 6.45) is 0.660. The molecule has 1 atom stereocenters. The number of phenols is 1. The second-order valence-corrected chi connectivity index (χ2v) is 6.66. The Morgan fingerprint density at radius 3 is 2.42 bits per heavy atom. The minimum atomic E-state index is -0.143. The second-order valence-electron chi connectivity index (χ2n) is 5.81. The third kappa shape index (κ3) is 5.13. The Labute approximate surface area is 152 Å². The average molecular weight is 367 g/mol. The standard InChI is InChI=1S/C18H20Cl2N2O2/c1-22(2)15(9-13-5-8-16(23)10-17(13)20)11-21-18(24)12-3-6-14(19)7-4-12/h3-8,10,15,23H,9,11H2,1-2H3,(H,21,24)/t15-/m0/s1. The number of halogens is 2. The van der Waals surface area contributed by atoms with Gasteiger partial charge in [-0.2, -0.15) is 0 Å². The molecular weight excluding hydrogens is 347 g/mol. The first kappa shape index (κ1) is 18.6. The highest BCUT2D eigenvalue weighted by atomic mass is 35.5. The van der Waals surface area contributed by atoms with E-state index in [-0.39, 0.29) is 17.7 Å². The zero-order valence-corrected chi connectivity index (χ0v) is 15.1. The Morgan fingerprint density at radius 1 is 1.17 bits per heavy atom. The number of likely N-dealkylation sites (N-methyl/N-ethyl adjacent to an activating group) is 1. The zero-order chi connectivity index (χ0) is 17.7. The number of amides is 1. The molecule has 0 saturated carbocycles. The van der Waals surface area contributed by atoms with Crippen molar-refractivity contribution < 1.29 is 9.90 Å². The van der Waals surface area contributed by atoms with Crippen molar-refractivity contribution in [2.24, 2.45) is 0 Å². The third-order valence-electron chi connectivity index (χ3n) is 3.83. The summed E-state index contributed by atoms with van der Waals surface area (Å²) in [7, 11) is 3.90. The third-order valence-corrected chi connectivity index (χ3v) is 4.43. The van der Waals surface area contributed by atoms with Crippen LogP contribution in [0, 0.1) is 0 Å². The Morgan fingerprint density at radius 2 is 1.83 bits per heavy atom. The van der Waals surface area contributed by atoms with Crippen molar-refractivity contribution in [2.45, 2.75) is 12.5 Å². The molecule has 0 aromatic heterocycles. The van der Waals surface area contributed by atoms with Crippen molar-refractivity contribution >= 4 is 29.1 Å². The van der Waals surface area contributed by atoms with Gasteiger partial charge in [0.1, 0.15) is 5.75 Å². The van der Waals surface area contributed by atoms with Crippen LogP contribution in [0.15, 0.2) is 42.5 Å². The molecule has 2 aromatic carbocycles. The first-order chi connectivity index (χ1) is 11.4. The van der Waals surface area contributed by atoms with Gasteiger partial charge in [0.2, 0.25) is 0 Å². The lowest BCUT2D eigenvalue weighted by Gasteiger charge is -2.25. The first-order valence-corrected chi connectivity index (χ1v) is 8.30. The van der Waals surface area contributed by atoms with Crippen LogP contribution in [-0.2, 0) is 6.42 Å². The van der Waals surface area contributed by atoms with E-state index in [0.717, 1.165) is 5.56 Å². The molecule has 0 aliphatic rings. The molecule has 0 radical (unpaired) electrons. The maximum atomic E-state index is 12.2. The highest BCUT2D eigenvalue weighted by Crippen LogP contribution is 2.23. The summed E-state index contributed by atoms with van der Waals surface area (Å²) in [5.41, 5.74) is 1.49. The first-order valence-electron chi connectivity index (χ1n) is 7.54. The fourth-order valence-corrected chi connectivity index (χ4v) is 2.68. The molecule has 2 N–H and O–H groups in total. The van der Waals surface area contributed by atoms with E-state index in [9.17, 15) is 9.90 Å². The molecule has 0 heterocycles. The van der Waals surface area contributed by atoms with Gasteiger partial charge in [-0.25, -0.2) is 0 Å². The number of carbonyl (C=O) groups is 1. The largest absolute Gasteiger partial charge is 0.508 e. The van der Waals surface area contributed by atoms with Crippen molar-refractivity contribution in [1.29, 1.82) is 0 Å². The molecule has 2 rings (SSSR count). The number of phenolic OH excluding ortho intramolecular Hbond substituents is 1. The smallest absolute Gasteiger partial charge is 0.251 e. The van der Waals surface area contributed by atoms with E-state index in [2.05, 4.69) is 5.32 Å². The summed E-state index contributed by atoms with van der Waals surface area (Å²) in [6.45, 7) is 0.478. The van der Waals surface area contributed by atoms with Gasteiger partial charge in [-0.05, 0) is 62.5 Å². The summed E-state index contributed by atoms with van der Waals surface area (Å²) >= 11 is 12.0. The number of hydrogen-bond acceptors (Lipinski definition) is 3. The summed E-state index contributed by atoms with van der Waals surface area (Å²) in [6, 6.07) is 11.8. The Hall–Kier alpha value is -1.75. The van der Waals surface area contributed by atoms with Crippen LogP contribution in [0.4, 0.5) is 0 Å². The molecular formula is C18H20Cl2N2O2. The van der Waals surface area contributed by atoms with E-state index in [1.165, 1.54) is 6.07 Å². The van der Waals surface area contributed by atoms with Crippen LogP contribution in [-0.4, -0.2) is 42.6 Å². The Balaban J connectivity index is 2.00. The molecule has 0 aliphatic carbocycles. The highest BCUT2D eigenvalue weighted by Gasteiger charge is 2.16. The predicted octanol–water partition coefficient (Wildman–Crippen LogP) is 3.60. The van der Waals surface area contributed by atoms with E-state index in [1.54, 1.807) is 36.4 Å². The quantitative estimate of drug-likeness (QED) is 0.820. The summed E-state index contributed by atoms with van der Waals surface area (Å²) in [4.78, 5) is 14.2. The molecule has 0 saturated heterocycles. The van der Waals surface area contributed by atoms with Crippen molar-refractivity contribution in [3.8, 4) is 5.75 Å². The van der Waals surface area contributed by atoms with Crippen LogP contribution >= 0.6 is 23.2 Å². The molecule has 128 valence electrons. The summed E-state index contributed by atoms with van der Waals surface area (Å²) < 4.78 is 0. The maximum absolute atomic E-state index is 12.2. The van der Waals surface area contributed by atoms with Gasteiger partial charge in [0.25, 0.3) is 5.91 Å². The zero-order valence-electron chi connectivity index (χ0n) is 13.6. The van der Waals surface area contributed by atoms with Crippen LogP contribution in [0.25, 0.3) is 0 Å². The molecule has 0 aliphatic heterocycles. The van der Waals surface area contributed by atoms with Gasteiger partial charge in [-0.15, -0.1) is 0 Å². The topological polar surface area (TPSA) is 52.6 Å². The van der Waals surface area contributed by atoms with Crippen molar-refractivity contribution in [2.75, 3.05) is 20.6 Å². The van der Waals surface area contributed by atoms with Crippen LogP contribution < -0.4 is 5.32 Å². The molecule has 0 bridgehead atoms. The van der Waals surface area contributed by atoms with Gasteiger partial charge in [0.15, 0.2) is 0 Å². The van der Waals surface area contributed by atoms with Gasteiger partial charge in [0, 0.05) is 28.2 Å². The number of benzene rings is 2. The lowest BCUT2D eigenvalue weighted by atomic mass is 10.0. The second kappa shape index (κ2) is 8.38. The van der Waals surface area contributed by atoms with Crippen molar-refractivity contribution in [3.05, 3.63) is 63.6 Å². The van der Waals surface area contributed by atoms with E-state index in [4.69, 9.17) is 23.2 Å². The van der Waals surface area contributed by atoms with Gasteiger partial charge >= 0.3 is 0 Å². The van der Waals surface area contributed by atoms with Crippen LogP contribution in [0.3, 0.4) is 0 Å². The highest BCUT2D eigenvalue weighted by molar-refractivity contribution is 6.31. The van der Waals surface area contributed by atoms with Crippen LogP contribution in [0.5, 0.6) is 5.75 Å². The van der Waals surface area contributed by atoms with Crippen molar-refractivity contribution in [3.63, 3.8) is 0 Å². The lowest BCUT2D eigenvalue weighted by molar-refractivity contribution is 0.0941. The molecule has 24 heavy (non-hydrogen) atoms. The molecule has 0 unspecified atom stereocenters. The van der Waals surface area contributed by atoms with E-state index < -0.39 is 0 Å². The molecule has 1 amide bonds. The molecule has 2 aromatic rings. The molecule has 0 spiro atoms. The van der Waals surface area contributed by atoms with Crippen LogP contribution in [0.1, 0.15) is 15.9 Å². The van der Waals surface area contributed by atoms with Gasteiger partial charge < -0.3 is 15.3 Å². The SMILES string of the molecule is CN(C)[C@H](CNC(=O)c1ccc(Cl)cc1)Cc1ccc(O)cc1Cl. The number of aromatic hydroxyl groups is 1. The monoisotopic (exact) mass is 366 g/mol. The summed E-state index contributed by atoms with van der Waals surface area (Å²) in [5.74, 6) is -0.00323. The molecule has 4 nitrogen and oxygen atoms in total. The predicted molar refractivity (Wildman–Crippen MR) is 98.1 cm³/mol. The average Bonchev–Trinajstić information content (AvgIpc) is 2.53. The number of nitrogens with zero attached hydrogens (tertiary/aromatic N) is 1. The van der Waals surface area contributed by atoms with Gasteiger partial charge in [-0.3, -0.25) is 4.79 Å². The normalized spacial score (nSPS) is 12.2. The van der Waals surface area contributed by atoms with Gasteiger partial charge in [0.05, 0.1) is 0 Å². The minimum Gasteiger partial charge on any atom is -0.508 e. The maximum Gasteiger partial charge on any atom is 0.251 e. The summed E-state index contributed by atoms with van der Waals surface area (Å²) in [5, 5.41) is 13.5. The van der Waals surface area contributed by atoms with E-state index >= 15 is 0 Å². The minimum absolute atomic E-state index is 0.0725. The number of hydrogen-bond donors (Lipinski definition) is 2. The number of nitrogens with one attached hydrogen (secondary N) is 1. The van der Waals surface area contributed by atoms with E-state index in [1.807, 2.05) is 19.0 Å². The fraction of sp³-hybridized carbons (Fsp3) is 0.278. The van der Waals surface area contributed by atoms with Crippen LogP contribution in [0.2, 0.25) is 10.0 Å². The van der Waals surface area contributed by atoms with Gasteiger partial charge in [-0.1, -0.05) is 29.3 Å². The molecule has 0 fully saturated rings. The van der Waals surface area contributed by atoms with E-state index in [0.29, 0.717) is 28.6 Å².